The lowest BCUT2D eigenvalue weighted by Gasteiger charge is -2.07. The van der Waals surface area contributed by atoms with Gasteiger partial charge in [-0.1, -0.05) is 11.6 Å². The van der Waals surface area contributed by atoms with Gasteiger partial charge in [0.15, 0.2) is 0 Å². The summed E-state index contributed by atoms with van der Waals surface area (Å²) in [6.07, 6.45) is 0. The normalized spacial score (nSPS) is 9.90. The van der Waals surface area contributed by atoms with Crippen LogP contribution in [0.4, 0.5) is 11.4 Å². The minimum absolute atomic E-state index is 0.150. The van der Waals surface area contributed by atoms with Gasteiger partial charge >= 0.3 is 0 Å². The molecule has 21 heavy (non-hydrogen) atoms. The fraction of sp³-hybridized carbons (Fsp3) is 0.0667. The monoisotopic (exact) mass is 317 g/mol. The van der Waals surface area contributed by atoms with Crippen molar-refractivity contribution in [2.75, 3.05) is 16.8 Å². The van der Waals surface area contributed by atoms with Crippen molar-refractivity contribution in [1.82, 2.24) is 0 Å². The fourth-order valence-corrected chi connectivity index (χ4v) is 2.66. The third-order valence-corrected chi connectivity index (χ3v) is 4.11. The molecule has 0 spiro atoms. The molecule has 0 heterocycles. The van der Waals surface area contributed by atoms with Gasteiger partial charge in [0, 0.05) is 16.3 Å². The average molecular weight is 318 g/mol. The third kappa shape index (κ3) is 4.42. The van der Waals surface area contributed by atoms with Crippen LogP contribution in [0, 0.1) is 11.3 Å². The number of nitrogens with two attached hydrogens (primary N) is 1. The largest absolute Gasteiger partial charge is 0.399 e. The van der Waals surface area contributed by atoms with Crippen LogP contribution in [0.3, 0.4) is 0 Å². The number of nitriles is 1. The van der Waals surface area contributed by atoms with E-state index >= 15 is 0 Å². The molecule has 0 radical (unpaired) electrons. The lowest BCUT2D eigenvalue weighted by atomic mass is 10.2. The summed E-state index contributed by atoms with van der Waals surface area (Å²) in [4.78, 5) is 12.6. The Balaban J connectivity index is 1.92. The Morgan fingerprint density at radius 3 is 2.67 bits per heavy atom. The van der Waals surface area contributed by atoms with Crippen molar-refractivity contribution in [2.45, 2.75) is 4.90 Å². The first-order chi connectivity index (χ1) is 10.1. The highest BCUT2D eigenvalue weighted by Crippen LogP contribution is 2.29. The second kappa shape index (κ2) is 7.02. The van der Waals surface area contributed by atoms with Gasteiger partial charge in [0.25, 0.3) is 0 Å². The molecule has 0 atom stereocenters. The van der Waals surface area contributed by atoms with Gasteiger partial charge in [-0.05, 0) is 42.5 Å². The zero-order valence-electron chi connectivity index (χ0n) is 11.0. The molecule has 2 rings (SSSR count). The second-order valence-corrected chi connectivity index (χ2v) is 5.64. The number of halogens is 1. The van der Waals surface area contributed by atoms with Gasteiger partial charge in [0.2, 0.25) is 5.91 Å². The molecule has 0 aromatic heterocycles. The molecule has 0 unspecified atom stereocenters. The first-order valence-corrected chi connectivity index (χ1v) is 7.42. The zero-order chi connectivity index (χ0) is 15.2. The molecule has 1 amide bonds. The lowest BCUT2D eigenvalue weighted by Crippen LogP contribution is -2.13. The standard InChI is InChI=1S/C15H12ClN3OS/c16-13-6-3-11(18)7-14(13)21-9-15(20)19-12-4-1-10(8-17)2-5-12/h1-7H,9,18H2,(H,19,20). The minimum Gasteiger partial charge on any atom is -0.399 e. The number of thioether (sulfide) groups is 1. The van der Waals surface area contributed by atoms with Crippen LogP contribution in [0.1, 0.15) is 5.56 Å². The fourth-order valence-electron chi connectivity index (χ4n) is 1.60. The predicted octanol–water partition coefficient (Wildman–Crippen LogP) is 3.52. The highest BCUT2D eigenvalue weighted by molar-refractivity contribution is 8.00. The van der Waals surface area contributed by atoms with Crippen molar-refractivity contribution in [3.8, 4) is 6.07 Å². The summed E-state index contributed by atoms with van der Waals surface area (Å²) in [7, 11) is 0. The molecular formula is C15H12ClN3OS. The maximum absolute atomic E-state index is 11.9. The smallest absolute Gasteiger partial charge is 0.234 e. The van der Waals surface area contributed by atoms with E-state index in [0.29, 0.717) is 22.0 Å². The number of benzene rings is 2. The average Bonchev–Trinajstić information content (AvgIpc) is 2.49. The number of hydrogen-bond acceptors (Lipinski definition) is 4. The van der Waals surface area contributed by atoms with Gasteiger partial charge < -0.3 is 11.1 Å². The van der Waals surface area contributed by atoms with Gasteiger partial charge in [-0.3, -0.25) is 4.79 Å². The highest BCUT2D eigenvalue weighted by atomic mass is 35.5. The van der Waals surface area contributed by atoms with Gasteiger partial charge in [-0.15, -0.1) is 11.8 Å². The van der Waals surface area contributed by atoms with E-state index in [1.54, 1.807) is 42.5 Å². The highest BCUT2D eigenvalue weighted by Gasteiger charge is 2.07. The second-order valence-electron chi connectivity index (χ2n) is 4.22. The minimum atomic E-state index is -0.150. The van der Waals surface area contributed by atoms with Crippen LogP contribution in [0.15, 0.2) is 47.4 Å². The van der Waals surface area contributed by atoms with Crippen molar-refractivity contribution in [3.63, 3.8) is 0 Å². The summed E-state index contributed by atoms with van der Waals surface area (Å²) in [5, 5.41) is 12.0. The van der Waals surface area contributed by atoms with Crippen molar-refractivity contribution >= 4 is 40.6 Å². The van der Waals surface area contributed by atoms with Gasteiger partial charge in [0.1, 0.15) is 0 Å². The van der Waals surface area contributed by atoms with Crippen LogP contribution >= 0.6 is 23.4 Å². The number of hydrogen-bond donors (Lipinski definition) is 2. The molecular weight excluding hydrogens is 306 g/mol. The first-order valence-electron chi connectivity index (χ1n) is 6.06. The van der Waals surface area contributed by atoms with E-state index in [1.165, 1.54) is 11.8 Å². The van der Waals surface area contributed by atoms with E-state index in [4.69, 9.17) is 22.6 Å². The Morgan fingerprint density at radius 1 is 1.29 bits per heavy atom. The van der Waals surface area contributed by atoms with E-state index < -0.39 is 0 Å². The maximum Gasteiger partial charge on any atom is 0.234 e. The van der Waals surface area contributed by atoms with Crippen LogP contribution in [-0.2, 0) is 4.79 Å². The Bertz CT molecular complexity index is 695. The van der Waals surface area contributed by atoms with E-state index in [9.17, 15) is 4.79 Å². The molecule has 106 valence electrons. The van der Waals surface area contributed by atoms with Crippen molar-refractivity contribution in [2.24, 2.45) is 0 Å². The summed E-state index contributed by atoms with van der Waals surface area (Å²) in [6.45, 7) is 0. The number of carbonyl (C=O) groups is 1. The van der Waals surface area contributed by atoms with Crippen molar-refractivity contribution in [3.05, 3.63) is 53.1 Å². The maximum atomic E-state index is 11.9. The van der Waals surface area contributed by atoms with Crippen molar-refractivity contribution in [1.29, 1.82) is 5.26 Å². The van der Waals surface area contributed by atoms with Gasteiger partial charge in [-0.25, -0.2) is 0 Å². The Kier molecular flexibility index (Phi) is 5.09. The molecule has 0 saturated heterocycles. The molecule has 6 heteroatoms. The Labute approximate surface area is 131 Å². The molecule has 0 fully saturated rings. The first kappa shape index (κ1) is 15.2. The predicted molar refractivity (Wildman–Crippen MR) is 86.4 cm³/mol. The number of nitrogens with zero attached hydrogens (tertiary/aromatic N) is 1. The number of nitrogens with one attached hydrogen (secondary N) is 1. The number of rotatable bonds is 4. The topological polar surface area (TPSA) is 78.9 Å². The van der Waals surface area contributed by atoms with E-state index in [0.717, 1.165) is 4.90 Å². The lowest BCUT2D eigenvalue weighted by molar-refractivity contribution is -0.113. The summed E-state index contributed by atoms with van der Waals surface area (Å²) in [5.74, 6) is 0.0756. The van der Waals surface area contributed by atoms with Crippen LogP contribution in [0.25, 0.3) is 0 Å². The summed E-state index contributed by atoms with van der Waals surface area (Å²) in [6, 6.07) is 13.9. The Hall–Kier alpha value is -2.16. The van der Waals surface area contributed by atoms with E-state index in [1.807, 2.05) is 6.07 Å². The molecule has 2 aromatic rings. The molecule has 4 nitrogen and oxygen atoms in total. The number of amides is 1. The molecule has 0 saturated carbocycles. The zero-order valence-corrected chi connectivity index (χ0v) is 12.5. The summed E-state index contributed by atoms with van der Waals surface area (Å²) >= 11 is 7.35. The van der Waals surface area contributed by atoms with E-state index in [-0.39, 0.29) is 11.7 Å². The number of anilines is 2. The quantitative estimate of drug-likeness (QED) is 0.668. The Morgan fingerprint density at radius 2 is 2.00 bits per heavy atom. The molecule has 0 bridgehead atoms. The van der Waals surface area contributed by atoms with Gasteiger partial charge in [0.05, 0.1) is 22.4 Å². The van der Waals surface area contributed by atoms with Crippen LogP contribution in [0.2, 0.25) is 5.02 Å². The van der Waals surface area contributed by atoms with Gasteiger partial charge in [-0.2, -0.15) is 5.26 Å². The SMILES string of the molecule is N#Cc1ccc(NC(=O)CSc2cc(N)ccc2Cl)cc1. The molecule has 0 aliphatic heterocycles. The van der Waals surface area contributed by atoms with Crippen molar-refractivity contribution < 1.29 is 4.79 Å². The summed E-state index contributed by atoms with van der Waals surface area (Å²) in [5.41, 5.74) is 7.49. The van der Waals surface area contributed by atoms with Crippen LogP contribution in [0.5, 0.6) is 0 Å². The summed E-state index contributed by atoms with van der Waals surface area (Å²) < 4.78 is 0. The molecule has 2 aromatic carbocycles. The van der Waals surface area contributed by atoms with Crippen LogP contribution < -0.4 is 11.1 Å². The molecule has 0 aliphatic rings. The van der Waals surface area contributed by atoms with E-state index in [2.05, 4.69) is 5.32 Å². The molecule has 3 N–H and O–H groups in total. The molecule has 0 aliphatic carbocycles. The number of nitrogen functional groups attached to an aromatic ring is 1. The third-order valence-electron chi connectivity index (χ3n) is 2.61. The van der Waals surface area contributed by atoms with Crippen LogP contribution in [-0.4, -0.2) is 11.7 Å². The number of carbonyl (C=O) groups excluding carboxylic acids is 1.